The molecule has 0 heterocycles. The topological polar surface area (TPSA) is 55.7 Å². The molecule has 2 rings (SSSR count). The van der Waals surface area contributed by atoms with E-state index in [0.29, 0.717) is 11.1 Å². The average Bonchev–Trinajstić information content (AvgIpc) is 2.53. The molecular weight excluding hydrogens is 254 g/mol. The Morgan fingerprint density at radius 3 is 1.55 bits per heavy atom. The van der Waals surface area contributed by atoms with Gasteiger partial charge in [-0.25, -0.2) is 0 Å². The van der Waals surface area contributed by atoms with Gasteiger partial charge in [0.25, 0.3) is 0 Å². The standard InChI is InChI=1S/C16H12NO3/c1-20-17-14(15(18)12-8-4-2-5-9-12)16(19)13-10-6-3-7-11-13/h2-11H,1H2. The molecule has 0 fully saturated rings. The van der Waals surface area contributed by atoms with E-state index in [0.717, 1.165) is 0 Å². The van der Waals surface area contributed by atoms with Gasteiger partial charge in [0.1, 0.15) is 0 Å². The van der Waals surface area contributed by atoms with Crippen molar-refractivity contribution in [3.63, 3.8) is 0 Å². The smallest absolute Gasteiger partial charge is 0.218 e. The molecule has 0 bridgehead atoms. The van der Waals surface area contributed by atoms with Gasteiger partial charge in [-0.05, 0) is 0 Å². The van der Waals surface area contributed by atoms with Gasteiger partial charge in [-0.1, -0.05) is 65.8 Å². The van der Waals surface area contributed by atoms with Crippen LogP contribution in [0, 0.1) is 7.11 Å². The molecule has 0 unspecified atom stereocenters. The van der Waals surface area contributed by atoms with Gasteiger partial charge in [0.15, 0.2) is 12.8 Å². The Morgan fingerprint density at radius 1 is 0.800 bits per heavy atom. The highest BCUT2D eigenvalue weighted by Crippen LogP contribution is 2.08. The first kappa shape index (κ1) is 13.7. The number of benzene rings is 2. The van der Waals surface area contributed by atoms with Gasteiger partial charge in [0.2, 0.25) is 11.6 Å². The van der Waals surface area contributed by atoms with Crippen molar-refractivity contribution in [2.75, 3.05) is 0 Å². The monoisotopic (exact) mass is 266 g/mol. The maximum Gasteiger partial charge on any atom is 0.218 e. The van der Waals surface area contributed by atoms with Gasteiger partial charge in [-0.15, -0.1) is 0 Å². The van der Waals surface area contributed by atoms with Crippen LogP contribution in [0.3, 0.4) is 0 Å². The molecule has 0 atom stereocenters. The Morgan fingerprint density at radius 2 is 1.20 bits per heavy atom. The maximum atomic E-state index is 12.3. The van der Waals surface area contributed by atoms with E-state index in [2.05, 4.69) is 17.1 Å². The average molecular weight is 266 g/mol. The lowest BCUT2D eigenvalue weighted by Crippen LogP contribution is -2.24. The summed E-state index contributed by atoms with van der Waals surface area (Å²) >= 11 is 0. The SMILES string of the molecule is [CH2]ON=C(C(=O)c1ccccc1)C(=O)c1ccccc1. The fourth-order valence-electron chi connectivity index (χ4n) is 1.70. The van der Waals surface area contributed by atoms with Crippen LogP contribution in [-0.4, -0.2) is 17.3 Å². The molecule has 2 aromatic rings. The minimum atomic E-state index is -0.497. The number of carbonyl (C=O) groups is 2. The Hall–Kier alpha value is -2.75. The molecule has 0 aliphatic rings. The summed E-state index contributed by atoms with van der Waals surface area (Å²) in [5, 5.41) is 3.48. The number of carbonyl (C=O) groups excluding carboxylic acids is 2. The molecule has 99 valence electrons. The molecular formula is C16H12NO3. The van der Waals surface area contributed by atoms with Crippen molar-refractivity contribution in [2.24, 2.45) is 5.16 Å². The molecule has 2 aromatic carbocycles. The van der Waals surface area contributed by atoms with E-state index in [-0.39, 0.29) is 5.71 Å². The fourth-order valence-corrected chi connectivity index (χ4v) is 1.70. The lowest BCUT2D eigenvalue weighted by Gasteiger charge is -2.04. The summed E-state index contributed by atoms with van der Waals surface area (Å²) in [6.45, 7) is 0. The summed E-state index contributed by atoms with van der Waals surface area (Å²) in [5.74, 6) is -0.994. The summed E-state index contributed by atoms with van der Waals surface area (Å²) in [6, 6.07) is 16.9. The van der Waals surface area contributed by atoms with Crippen LogP contribution in [0.4, 0.5) is 0 Å². The van der Waals surface area contributed by atoms with Crippen LogP contribution in [0.5, 0.6) is 0 Å². The van der Waals surface area contributed by atoms with Crippen LogP contribution < -0.4 is 0 Å². The molecule has 0 aromatic heterocycles. The van der Waals surface area contributed by atoms with E-state index in [1.54, 1.807) is 60.7 Å². The molecule has 0 saturated carbocycles. The molecule has 4 heteroatoms. The number of Topliss-reactive ketones (excluding diaryl/α,β-unsaturated/α-hetero) is 2. The molecule has 20 heavy (non-hydrogen) atoms. The van der Waals surface area contributed by atoms with Crippen LogP contribution in [0.15, 0.2) is 65.8 Å². The van der Waals surface area contributed by atoms with Gasteiger partial charge in [0.05, 0.1) is 0 Å². The summed E-state index contributed by atoms with van der Waals surface area (Å²) < 4.78 is 0. The minimum Gasteiger partial charge on any atom is -0.391 e. The van der Waals surface area contributed by atoms with Gasteiger partial charge >= 0.3 is 0 Å². The quantitative estimate of drug-likeness (QED) is 0.362. The predicted molar refractivity (Wildman–Crippen MR) is 75.4 cm³/mol. The van der Waals surface area contributed by atoms with E-state index in [1.165, 1.54) is 0 Å². The zero-order chi connectivity index (χ0) is 14.4. The number of hydrogen-bond acceptors (Lipinski definition) is 4. The first-order valence-corrected chi connectivity index (χ1v) is 5.92. The third kappa shape index (κ3) is 2.98. The van der Waals surface area contributed by atoms with Crippen molar-refractivity contribution in [2.45, 2.75) is 0 Å². The molecule has 0 spiro atoms. The Bertz CT molecular complexity index is 580. The molecule has 4 nitrogen and oxygen atoms in total. The molecule has 0 amide bonds. The van der Waals surface area contributed by atoms with Crippen molar-refractivity contribution in [3.05, 3.63) is 78.9 Å². The highest BCUT2D eigenvalue weighted by Gasteiger charge is 2.23. The van der Waals surface area contributed by atoms with Crippen molar-refractivity contribution in [1.29, 1.82) is 0 Å². The lowest BCUT2D eigenvalue weighted by atomic mass is 9.99. The van der Waals surface area contributed by atoms with Crippen LogP contribution in [0.2, 0.25) is 0 Å². The second kappa shape index (κ2) is 6.43. The number of rotatable bonds is 5. The van der Waals surface area contributed by atoms with Gasteiger partial charge in [-0.3, -0.25) is 9.59 Å². The van der Waals surface area contributed by atoms with E-state index >= 15 is 0 Å². The zero-order valence-electron chi connectivity index (χ0n) is 10.7. The van der Waals surface area contributed by atoms with Gasteiger partial charge < -0.3 is 4.84 Å². The molecule has 0 aliphatic carbocycles. The highest BCUT2D eigenvalue weighted by atomic mass is 16.6. The summed E-state index contributed by atoms with van der Waals surface area (Å²) in [6.07, 6.45) is 0. The molecule has 1 radical (unpaired) electrons. The number of ketones is 2. The number of nitrogens with zero attached hydrogens (tertiary/aromatic N) is 1. The second-order valence-electron chi connectivity index (χ2n) is 3.96. The van der Waals surface area contributed by atoms with Crippen LogP contribution in [0.1, 0.15) is 20.7 Å². The van der Waals surface area contributed by atoms with Crippen molar-refractivity contribution in [3.8, 4) is 0 Å². The van der Waals surface area contributed by atoms with Crippen molar-refractivity contribution >= 4 is 17.3 Å². The summed E-state index contributed by atoms with van der Waals surface area (Å²) in [5.41, 5.74) is 0.442. The lowest BCUT2D eigenvalue weighted by molar-refractivity contribution is 0.101. The molecule has 0 N–H and O–H groups in total. The largest absolute Gasteiger partial charge is 0.391 e. The Labute approximate surface area is 116 Å². The van der Waals surface area contributed by atoms with E-state index in [4.69, 9.17) is 0 Å². The maximum absolute atomic E-state index is 12.3. The van der Waals surface area contributed by atoms with Crippen LogP contribution in [0.25, 0.3) is 0 Å². The number of hydrogen-bond donors (Lipinski definition) is 0. The zero-order valence-corrected chi connectivity index (χ0v) is 10.7. The van der Waals surface area contributed by atoms with E-state index < -0.39 is 11.6 Å². The van der Waals surface area contributed by atoms with Gasteiger partial charge in [-0.2, -0.15) is 0 Å². The Kier molecular flexibility index (Phi) is 4.39. The van der Waals surface area contributed by atoms with Crippen LogP contribution in [-0.2, 0) is 4.84 Å². The highest BCUT2D eigenvalue weighted by molar-refractivity contribution is 6.71. The fraction of sp³-hybridized carbons (Fsp3) is 0. The van der Waals surface area contributed by atoms with Crippen LogP contribution >= 0.6 is 0 Å². The minimum absolute atomic E-state index is 0.294. The number of oxime groups is 1. The van der Waals surface area contributed by atoms with Crippen molar-refractivity contribution in [1.82, 2.24) is 0 Å². The third-order valence-corrected chi connectivity index (χ3v) is 2.66. The first-order chi connectivity index (χ1) is 9.74. The second-order valence-corrected chi connectivity index (χ2v) is 3.96. The molecule has 0 aliphatic heterocycles. The van der Waals surface area contributed by atoms with E-state index in [1.807, 2.05) is 0 Å². The Balaban J connectivity index is 2.36. The first-order valence-electron chi connectivity index (χ1n) is 5.92. The van der Waals surface area contributed by atoms with Crippen molar-refractivity contribution < 1.29 is 14.4 Å². The van der Waals surface area contributed by atoms with Gasteiger partial charge in [0, 0.05) is 11.1 Å². The van der Waals surface area contributed by atoms with E-state index in [9.17, 15) is 9.59 Å². The summed E-state index contributed by atoms with van der Waals surface area (Å²) in [4.78, 5) is 29.0. The normalized spacial score (nSPS) is 9.65. The predicted octanol–water partition coefficient (Wildman–Crippen LogP) is 2.92. The summed E-state index contributed by atoms with van der Waals surface area (Å²) in [7, 11) is 3.09. The molecule has 0 saturated heterocycles. The third-order valence-electron chi connectivity index (χ3n) is 2.66.